The molecule has 5 nitrogen and oxygen atoms in total. The molecule has 0 rings (SSSR count). The molecule has 0 aromatic carbocycles. The van der Waals surface area contributed by atoms with Gasteiger partial charge in [0.2, 0.25) is 0 Å². The molecule has 0 aromatic heterocycles. The van der Waals surface area contributed by atoms with Crippen molar-refractivity contribution in [2.75, 3.05) is 13.2 Å². The number of esters is 2. The Balaban J connectivity index is 3.44. The molecule has 68 heavy (non-hydrogen) atoms. The fraction of sp³-hybridized carbons (Fsp3) is 0.746. The van der Waals surface area contributed by atoms with Gasteiger partial charge in [-0.1, -0.05) is 285 Å². The van der Waals surface area contributed by atoms with Crippen LogP contribution in [0, 0.1) is 0 Å². The first kappa shape index (κ1) is 65.1. The molecule has 0 fully saturated rings. The normalized spacial score (nSPS) is 12.8. The average molecular weight is 948 g/mol. The summed E-state index contributed by atoms with van der Waals surface area (Å²) in [7, 11) is 0. The molecule has 0 heterocycles. The summed E-state index contributed by atoms with van der Waals surface area (Å²) in [4.78, 5) is 24.4. The van der Waals surface area contributed by atoms with Crippen LogP contribution in [0.25, 0.3) is 0 Å². The van der Waals surface area contributed by atoms with Gasteiger partial charge in [0.15, 0.2) is 6.10 Å². The van der Waals surface area contributed by atoms with Gasteiger partial charge in [-0.2, -0.15) is 0 Å². The zero-order valence-corrected chi connectivity index (χ0v) is 44.9. The van der Waals surface area contributed by atoms with Gasteiger partial charge in [-0.25, -0.2) is 0 Å². The van der Waals surface area contributed by atoms with Crippen molar-refractivity contribution in [3.63, 3.8) is 0 Å². The molecule has 0 spiro atoms. The van der Waals surface area contributed by atoms with Gasteiger partial charge in [0.25, 0.3) is 0 Å². The Labute approximate surface area is 422 Å². The van der Waals surface area contributed by atoms with Crippen LogP contribution in [0.4, 0.5) is 0 Å². The minimum Gasteiger partial charge on any atom is -0.462 e. The summed E-state index contributed by atoms with van der Waals surface area (Å²) < 4.78 is 10.7. The summed E-state index contributed by atoms with van der Waals surface area (Å²) in [5, 5.41) is 9.62. The van der Waals surface area contributed by atoms with Crippen LogP contribution in [0.15, 0.2) is 85.1 Å². The van der Waals surface area contributed by atoms with E-state index in [0.717, 1.165) is 83.5 Å². The molecule has 0 aromatic rings. The molecule has 0 radical (unpaired) electrons. The summed E-state index contributed by atoms with van der Waals surface area (Å²) in [6.07, 6.45) is 81.5. The van der Waals surface area contributed by atoms with E-state index < -0.39 is 6.10 Å². The van der Waals surface area contributed by atoms with Gasteiger partial charge < -0.3 is 14.6 Å². The van der Waals surface area contributed by atoms with E-state index in [-0.39, 0.29) is 25.2 Å². The maximum atomic E-state index is 12.3. The third-order valence-corrected chi connectivity index (χ3v) is 12.7. The van der Waals surface area contributed by atoms with Crippen LogP contribution in [0.1, 0.15) is 284 Å². The Bertz CT molecular complexity index is 1250. The van der Waals surface area contributed by atoms with Crippen molar-refractivity contribution in [2.45, 2.75) is 290 Å². The number of hydrogen-bond donors (Lipinski definition) is 1. The largest absolute Gasteiger partial charge is 0.462 e. The Morgan fingerprint density at radius 2 is 0.632 bits per heavy atom. The third-order valence-electron chi connectivity index (χ3n) is 12.7. The highest BCUT2D eigenvalue weighted by Crippen LogP contribution is 2.17. The lowest BCUT2D eigenvalue weighted by molar-refractivity contribution is -0.161. The summed E-state index contributed by atoms with van der Waals surface area (Å²) in [5.41, 5.74) is 0. The molecule has 0 aliphatic heterocycles. The first-order valence-corrected chi connectivity index (χ1v) is 29.1. The maximum absolute atomic E-state index is 12.3. The molecule has 0 bridgehead atoms. The summed E-state index contributed by atoms with van der Waals surface area (Å²) in [6.45, 7) is 4.04. The standard InChI is InChI=1S/C63H110O5/c1-3-5-7-9-11-13-15-17-18-19-20-21-22-23-24-25-26-27-28-29-30-31-32-33-34-35-36-37-38-39-40-41-42-43-44-46-48-50-52-54-56-58-63(66)68-61(59-64)60-67-62(65)57-55-53-51-49-47-45-16-14-12-10-8-6-4-2/h5,7,11,13,17-18,20-21,23-24,26-27,29-30,61,64H,3-4,6,8-10,12,14-16,19,22,25,28,31-60H2,1-2H3/b7-5-,13-11-,18-17-,21-20-,24-23-,27-26-,30-29-. The second kappa shape index (κ2) is 58.4. The molecule has 0 saturated heterocycles. The van der Waals surface area contributed by atoms with Gasteiger partial charge in [-0.05, 0) is 70.6 Å². The molecule has 0 amide bonds. The Morgan fingerprint density at radius 1 is 0.353 bits per heavy atom. The van der Waals surface area contributed by atoms with E-state index >= 15 is 0 Å². The smallest absolute Gasteiger partial charge is 0.306 e. The van der Waals surface area contributed by atoms with Crippen molar-refractivity contribution < 1.29 is 24.2 Å². The molecule has 5 heteroatoms. The number of ether oxygens (including phenoxy) is 2. The minimum absolute atomic E-state index is 0.0623. The number of aliphatic hydroxyl groups is 1. The lowest BCUT2D eigenvalue weighted by Gasteiger charge is -2.15. The van der Waals surface area contributed by atoms with Crippen LogP contribution < -0.4 is 0 Å². The zero-order chi connectivity index (χ0) is 49.2. The highest BCUT2D eigenvalue weighted by atomic mass is 16.6. The predicted octanol–water partition coefficient (Wildman–Crippen LogP) is 19.8. The number of hydrogen-bond acceptors (Lipinski definition) is 5. The second-order valence-corrected chi connectivity index (χ2v) is 19.3. The number of aliphatic hydroxyl groups excluding tert-OH is 1. The first-order valence-electron chi connectivity index (χ1n) is 29.1. The van der Waals surface area contributed by atoms with Crippen LogP contribution in [0.5, 0.6) is 0 Å². The first-order chi connectivity index (χ1) is 33.6. The summed E-state index contributed by atoms with van der Waals surface area (Å²) in [6, 6.07) is 0. The van der Waals surface area contributed by atoms with Crippen LogP contribution in [-0.2, 0) is 19.1 Å². The topological polar surface area (TPSA) is 72.8 Å². The maximum Gasteiger partial charge on any atom is 0.306 e. The van der Waals surface area contributed by atoms with Crippen molar-refractivity contribution in [1.29, 1.82) is 0 Å². The molecule has 0 saturated carbocycles. The van der Waals surface area contributed by atoms with Crippen LogP contribution >= 0.6 is 0 Å². The van der Waals surface area contributed by atoms with Crippen molar-refractivity contribution in [3.8, 4) is 0 Å². The summed E-state index contributed by atoms with van der Waals surface area (Å²) in [5.74, 6) is -0.579. The van der Waals surface area contributed by atoms with Crippen molar-refractivity contribution >= 4 is 11.9 Å². The monoisotopic (exact) mass is 947 g/mol. The molecule has 1 atom stereocenters. The number of carbonyl (C=O) groups excluding carboxylic acids is 2. The fourth-order valence-corrected chi connectivity index (χ4v) is 8.36. The lowest BCUT2D eigenvalue weighted by atomic mass is 10.0. The number of allylic oxidation sites excluding steroid dienone is 14. The van der Waals surface area contributed by atoms with E-state index in [1.807, 2.05) is 0 Å². The Morgan fingerprint density at radius 3 is 0.956 bits per heavy atom. The summed E-state index contributed by atoms with van der Waals surface area (Å²) >= 11 is 0. The van der Waals surface area contributed by atoms with Crippen LogP contribution in [0.2, 0.25) is 0 Å². The Hall–Kier alpha value is -2.92. The molecule has 0 aliphatic carbocycles. The van der Waals surface area contributed by atoms with E-state index in [1.165, 1.54) is 173 Å². The highest BCUT2D eigenvalue weighted by molar-refractivity contribution is 5.70. The molecular formula is C63H110O5. The highest BCUT2D eigenvalue weighted by Gasteiger charge is 2.16. The van der Waals surface area contributed by atoms with Gasteiger partial charge in [-0.15, -0.1) is 0 Å². The SMILES string of the molecule is CC/C=C\C/C=C\C/C=C\C/C=C\C/C=C\C/C=C\C/C=C\CCCCCCCCCCCCCCCCCCCCCC(=O)OC(CO)COC(=O)CCCCCCCCCCCCCCC. The van der Waals surface area contributed by atoms with Gasteiger partial charge in [0.1, 0.15) is 6.61 Å². The quantitative estimate of drug-likeness (QED) is 0.0374. The average Bonchev–Trinajstić information content (AvgIpc) is 3.34. The van der Waals surface area contributed by atoms with Crippen LogP contribution in [-0.4, -0.2) is 36.4 Å². The molecule has 392 valence electrons. The van der Waals surface area contributed by atoms with E-state index in [4.69, 9.17) is 9.47 Å². The minimum atomic E-state index is -0.770. The van der Waals surface area contributed by atoms with E-state index in [2.05, 4.69) is 98.9 Å². The third kappa shape index (κ3) is 55.7. The zero-order valence-electron chi connectivity index (χ0n) is 44.9. The molecular weight excluding hydrogens is 837 g/mol. The number of carbonyl (C=O) groups is 2. The van der Waals surface area contributed by atoms with E-state index in [1.54, 1.807) is 0 Å². The Kier molecular flexibility index (Phi) is 55.9. The van der Waals surface area contributed by atoms with Gasteiger partial charge in [0.05, 0.1) is 6.61 Å². The fourth-order valence-electron chi connectivity index (χ4n) is 8.36. The lowest BCUT2D eigenvalue weighted by Crippen LogP contribution is -2.28. The number of rotatable bonds is 53. The molecule has 0 aliphatic rings. The van der Waals surface area contributed by atoms with Crippen molar-refractivity contribution in [2.24, 2.45) is 0 Å². The van der Waals surface area contributed by atoms with Crippen LogP contribution in [0.3, 0.4) is 0 Å². The number of unbranched alkanes of at least 4 members (excludes halogenated alkanes) is 31. The molecule has 1 unspecified atom stereocenters. The van der Waals surface area contributed by atoms with Crippen molar-refractivity contribution in [3.05, 3.63) is 85.1 Å². The molecule has 1 N–H and O–H groups in total. The van der Waals surface area contributed by atoms with Gasteiger partial charge in [-0.3, -0.25) is 9.59 Å². The predicted molar refractivity (Wildman–Crippen MR) is 297 cm³/mol. The van der Waals surface area contributed by atoms with E-state index in [9.17, 15) is 14.7 Å². The van der Waals surface area contributed by atoms with Gasteiger partial charge in [0, 0.05) is 12.8 Å². The second-order valence-electron chi connectivity index (χ2n) is 19.3. The van der Waals surface area contributed by atoms with Gasteiger partial charge >= 0.3 is 11.9 Å². The van der Waals surface area contributed by atoms with E-state index in [0.29, 0.717) is 12.8 Å². The van der Waals surface area contributed by atoms with Crippen molar-refractivity contribution in [1.82, 2.24) is 0 Å².